The number of nitrogen functional groups attached to an aromatic ring is 2. The average Bonchev–Trinajstić information content (AvgIpc) is 1.95. The molecule has 5 nitrogen and oxygen atoms in total. The molecule has 0 saturated carbocycles. The molecule has 0 unspecified atom stereocenters. The molecule has 0 aliphatic carbocycles. The van der Waals surface area contributed by atoms with Gasteiger partial charge in [0, 0.05) is 0 Å². The van der Waals surface area contributed by atoms with Crippen molar-refractivity contribution < 1.29 is 0 Å². The van der Waals surface area contributed by atoms with Crippen molar-refractivity contribution in [3.05, 3.63) is 11.2 Å². The van der Waals surface area contributed by atoms with Crippen molar-refractivity contribution in [2.75, 3.05) is 11.2 Å². The second kappa shape index (κ2) is 2.68. The second-order valence-corrected chi connectivity index (χ2v) is 2.01. The van der Waals surface area contributed by atoms with Crippen molar-refractivity contribution in [3.8, 4) is 0 Å². The molecule has 6 heteroatoms. The van der Waals surface area contributed by atoms with Crippen molar-refractivity contribution in [1.29, 1.82) is 0 Å². The third-order valence-electron chi connectivity index (χ3n) is 0.978. The van der Waals surface area contributed by atoms with Crippen LogP contribution in [0.2, 0.25) is 5.02 Å². The molecule has 0 radical (unpaired) electrons. The minimum absolute atomic E-state index is 0.285. The maximum atomic E-state index is 5.57. The van der Waals surface area contributed by atoms with E-state index >= 15 is 0 Å². The number of rotatable bonds is 1. The number of aromatic nitrogens is 2. The number of nitrogens with zero attached hydrogens (tertiary/aromatic N) is 2. The van der Waals surface area contributed by atoms with Gasteiger partial charge in [-0.3, -0.25) is 0 Å². The highest BCUT2D eigenvalue weighted by molar-refractivity contribution is 6.33. The Morgan fingerprint density at radius 2 is 2.30 bits per heavy atom. The maximum Gasteiger partial charge on any atom is 0.187 e. The van der Waals surface area contributed by atoms with E-state index in [-0.39, 0.29) is 5.82 Å². The monoisotopic (exact) mass is 159 g/mol. The first-order chi connectivity index (χ1) is 4.75. The molecule has 1 aromatic heterocycles. The molecule has 10 heavy (non-hydrogen) atoms. The van der Waals surface area contributed by atoms with E-state index in [0.29, 0.717) is 10.7 Å². The molecule has 1 rings (SSSR count). The molecular weight excluding hydrogens is 154 g/mol. The van der Waals surface area contributed by atoms with Crippen molar-refractivity contribution >= 4 is 23.1 Å². The fraction of sp³-hybridized carbons (Fsp3) is 0. The van der Waals surface area contributed by atoms with Crippen molar-refractivity contribution in [2.24, 2.45) is 5.84 Å². The summed E-state index contributed by atoms with van der Waals surface area (Å²) in [5.74, 6) is 5.31. The molecule has 54 valence electrons. The number of nitrogens with one attached hydrogen (secondary N) is 1. The third kappa shape index (κ3) is 1.09. The fourth-order valence-electron chi connectivity index (χ4n) is 0.480. The van der Waals surface area contributed by atoms with Gasteiger partial charge in [0.05, 0.1) is 16.9 Å². The van der Waals surface area contributed by atoms with Gasteiger partial charge in [0.15, 0.2) is 5.82 Å². The first-order valence-corrected chi connectivity index (χ1v) is 2.86. The first-order valence-electron chi connectivity index (χ1n) is 2.49. The summed E-state index contributed by atoms with van der Waals surface area (Å²) in [5.41, 5.74) is 7.97. The van der Waals surface area contributed by atoms with Crippen LogP contribution >= 0.6 is 11.6 Å². The van der Waals surface area contributed by atoms with Crippen LogP contribution in [0.4, 0.5) is 11.5 Å². The van der Waals surface area contributed by atoms with Crippen LogP contribution in [0.25, 0.3) is 0 Å². The van der Waals surface area contributed by atoms with Gasteiger partial charge in [0.2, 0.25) is 0 Å². The number of halogens is 1. The Labute approximate surface area is 62.3 Å². The molecule has 1 heterocycles. The third-order valence-corrected chi connectivity index (χ3v) is 1.28. The van der Waals surface area contributed by atoms with Crippen LogP contribution in [0.1, 0.15) is 0 Å². The van der Waals surface area contributed by atoms with Gasteiger partial charge in [-0.2, -0.15) is 5.10 Å². The lowest BCUT2D eigenvalue weighted by molar-refractivity contribution is 1.02. The zero-order valence-corrected chi connectivity index (χ0v) is 5.76. The van der Waals surface area contributed by atoms with E-state index in [9.17, 15) is 0 Å². The predicted molar refractivity (Wildman–Crippen MR) is 39.3 cm³/mol. The SMILES string of the molecule is NNc1nncc(Cl)c1N. The molecule has 0 saturated heterocycles. The van der Waals surface area contributed by atoms with E-state index < -0.39 is 0 Å². The normalized spacial score (nSPS) is 9.40. The highest BCUT2D eigenvalue weighted by Crippen LogP contribution is 2.21. The van der Waals surface area contributed by atoms with Crippen LogP contribution < -0.4 is 17.0 Å². The van der Waals surface area contributed by atoms with Gasteiger partial charge in [0.1, 0.15) is 0 Å². The van der Waals surface area contributed by atoms with Gasteiger partial charge in [-0.25, -0.2) is 5.84 Å². The largest absolute Gasteiger partial charge is 0.394 e. The molecule has 0 aliphatic rings. The van der Waals surface area contributed by atoms with Gasteiger partial charge < -0.3 is 11.2 Å². The Kier molecular flexibility index (Phi) is 1.88. The lowest BCUT2D eigenvalue weighted by atomic mass is 10.4. The summed E-state index contributed by atoms with van der Waals surface area (Å²) in [6.45, 7) is 0. The Morgan fingerprint density at radius 1 is 1.60 bits per heavy atom. The van der Waals surface area contributed by atoms with E-state index in [2.05, 4.69) is 15.6 Å². The van der Waals surface area contributed by atoms with E-state index in [0.717, 1.165) is 0 Å². The average molecular weight is 160 g/mol. The zero-order valence-electron chi connectivity index (χ0n) is 5.00. The van der Waals surface area contributed by atoms with Gasteiger partial charge >= 0.3 is 0 Å². The Balaban J connectivity index is 3.14. The van der Waals surface area contributed by atoms with Crippen molar-refractivity contribution in [3.63, 3.8) is 0 Å². The number of hydrogen-bond donors (Lipinski definition) is 3. The molecule has 5 N–H and O–H groups in total. The standard InChI is InChI=1S/C4H6ClN5/c5-2-1-8-10-4(9-7)3(2)6/h1H,7H2,(H2,6,8)(H,9,10). The predicted octanol–water partition coefficient (Wildman–Crippen LogP) is -0.00220. The summed E-state index contributed by atoms with van der Waals surface area (Å²) in [4.78, 5) is 0. The van der Waals surface area contributed by atoms with Crippen LogP contribution in [0.5, 0.6) is 0 Å². The van der Waals surface area contributed by atoms with E-state index in [1.165, 1.54) is 6.20 Å². The number of hydrazine groups is 1. The lowest BCUT2D eigenvalue weighted by Gasteiger charge is -2.01. The van der Waals surface area contributed by atoms with E-state index in [1.807, 2.05) is 0 Å². The summed E-state index contributed by atoms with van der Waals surface area (Å²) in [6.07, 6.45) is 1.34. The van der Waals surface area contributed by atoms with Crippen LogP contribution in [-0.4, -0.2) is 10.2 Å². The minimum atomic E-state index is 0.285. The van der Waals surface area contributed by atoms with Gasteiger partial charge in [-0.15, -0.1) is 5.10 Å². The summed E-state index contributed by atoms with van der Waals surface area (Å²) < 4.78 is 0. The van der Waals surface area contributed by atoms with E-state index in [4.69, 9.17) is 23.2 Å². The molecule has 0 aliphatic heterocycles. The Hall–Kier alpha value is -1.07. The summed E-state index contributed by atoms with van der Waals surface area (Å²) in [6, 6.07) is 0. The molecule has 0 fully saturated rings. The number of hydrogen-bond acceptors (Lipinski definition) is 5. The van der Waals surface area contributed by atoms with Gasteiger partial charge in [-0.1, -0.05) is 11.6 Å². The van der Waals surface area contributed by atoms with Crippen molar-refractivity contribution in [2.45, 2.75) is 0 Å². The highest BCUT2D eigenvalue weighted by atomic mass is 35.5. The molecule has 0 spiro atoms. The fourth-order valence-corrected chi connectivity index (χ4v) is 0.614. The summed E-state index contributed by atoms with van der Waals surface area (Å²) >= 11 is 5.57. The van der Waals surface area contributed by atoms with E-state index in [1.54, 1.807) is 0 Å². The lowest BCUT2D eigenvalue weighted by Crippen LogP contribution is -2.11. The first kappa shape index (κ1) is 7.04. The van der Waals surface area contributed by atoms with Crippen LogP contribution in [-0.2, 0) is 0 Å². The molecule has 0 aromatic carbocycles. The summed E-state index contributed by atoms with van der Waals surface area (Å²) in [7, 11) is 0. The van der Waals surface area contributed by atoms with Gasteiger partial charge in [0.25, 0.3) is 0 Å². The second-order valence-electron chi connectivity index (χ2n) is 1.60. The molecule has 0 atom stereocenters. The maximum absolute atomic E-state index is 5.57. The Bertz CT molecular complexity index is 237. The number of nitrogens with two attached hydrogens (primary N) is 2. The molecular formula is C4H6ClN5. The Morgan fingerprint density at radius 3 is 2.80 bits per heavy atom. The number of anilines is 2. The highest BCUT2D eigenvalue weighted by Gasteiger charge is 2.01. The molecule has 1 aromatic rings. The molecule has 0 bridgehead atoms. The minimum Gasteiger partial charge on any atom is -0.394 e. The quantitative estimate of drug-likeness (QED) is 0.396. The molecule has 0 amide bonds. The zero-order chi connectivity index (χ0) is 7.56. The topological polar surface area (TPSA) is 89.8 Å². The summed E-state index contributed by atoms with van der Waals surface area (Å²) in [5, 5.41) is 7.41. The van der Waals surface area contributed by atoms with Crippen LogP contribution in [0.3, 0.4) is 0 Å². The van der Waals surface area contributed by atoms with Crippen molar-refractivity contribution in [1.82, 2.24) is 10.2 Å². The van der Waals surface area contributed by atoms with Gasteiger partial charge in [-0.05, 0) is 0 Å². The van der Waals surface area contributed by atoms with Crippen LogP contribution in [0, 0.1) is 0 Å². The smallest absolute Gasteiger partial charge is 0.187 e. The van der Waals surface area contributed by atoms with Crippen LogP contribution in [0.15, 0.2) is 6.20 Å².